The number of fused-ring (bicyclic) bond motifs is 6. The van der Waals surface area contributed by atoms with Crippen molar-refractivity contribution in [3.05, 3.63) is 224 Å². The highest BCUT2D eigenvalue weighted by Gasteiger charge is 2.20. The number of hydrogen-bond donors (Lipinski definition) is 0. The van der Waals surface area contributed by atoms with Gasteiger partial charge in [0.1, 0.15) is 11.2 Å². The molecule has 0 aliphatic heterocycles. The number of para-hydroxylation sites is 1. The molecule has 0 N–H and O–H groups in total. The highest BCUT2D eigenvalue weighted by molar-refractivity contribution is 6.19. The van der Waals surface area contributed by atoms with Crippen molar-refractivity contribution >= 4 is 60.5 Å². The largest absolute Gasteiger partial charge is 0.456 e. The predicted molar refractivity (Wildman–Crippen MR) is 245 cm³/mol. The second-order valence-electron chi connectivity index (χ2n) is 14.9. The lowest BCUT2D eigenvalue weighted by Gasteiger charge is -2.28. The molecule has 1 aromatic heterocycles. The van der Waals surface area contributed by atoms with Crippen molar-refractivity contribution in [2.75, 3.05) is 4.90 Å². The average molecular weight is 740 g/mol. The molecule has 58 heavy (non-hydrogen) atoms. The Bertz CT molecular complexity index is 3270. The van der Waals surface area contributed by atoms with Crippen molar-refractivity contribution in [3.63, 3.8) is 0 Å². The van der Waals surface area contributed by atoms with Crippen molar-refractivity contribution in [1.82, 2.24) is 0 Å². The molecule has 0 saturated heterocycles. The maximum Gasteiger partial charge on any atom is 0.136 e. The second-order valence-corrected chi connectivity index (χ2v) is 14.9. The lowest BCUT2D eigenvalue weighted by Crippen LogP contribution is -2.11. The highest BCUT2D eigenvalue weighted by atomic mass is 16.3. The predicted octanol–water partition coefficient (Wildman–Crippen LogP) is 16.0. The monoisotopic (exact) mass is 739 g/mol. The van der Waals surface area contributed by atoms with Crippen LogP contribution in [0.4, 0.5) is 17.1 Å². The van der Waals surface area contributed by atoms with Crippen LogP contribution >= 0.6 is 0 Å². The third kappa shape index (κ3) is 5.91. The summed E-state index contributed by atoms with van der Waals surface area (Å²) in [7, 11) is 0. The zero-order valence-electron chi connectivity index (χ0n) is 31.7. The Morgan fingerprint density at radius 2 is 0.897 bits per heavy atom. The summed E-state index contributed by atoms with van der Waals surface area (Å²) >= 11 is 0. The normalized spacial score (nSPS) is 11.4. The number of benzene rings is 10. The van der Waals surface area contributed by atoms with Crippen molar-refractivity contribution < 1.29 is 4.42 Å². The van der Waals surface area contributed by atoms with Crippen LogP contribution in [0.1, 0.15) is 0 Å². The summed E-state index contributed by atoms with van der Waals surface area (Å²) in [5, 5.41) is 7.09. The van der Waals surface area contributed by atoms with Gasteiger partial charge in [-0.05, 0) is 121 Å². The minimum atomic E-state index is 0.906. The molecular weight excluding hydrogens is 703 g/mol. The van der Waals surface area contributed by atoms with Crippen molar-refractivity contribution in [3.8, 4) is 44.5 Å². The van der Waals surface area contributed by atoms with Crippen molar-refractivity contribution in [2.45, 2.75) is 0 Å². The summed E-state index contributed by atoms with van der Waals surface area (Å²) in [4.78, 5) is 2.42. The van der Waals surface area contributed by atoms with Crippen molar-refractivity contribution in [1.29, 1.82) is 0 Å². The molecule has 0 saturated carbocycles. The first-order valence-corrected chi connectivity index (χ1v) is 19.8. The third-order valence-corrected chi connectivity index (χ3v) is 11.4. The lowest BCUT2D eigenvalue weighted by molar-refractivity contribution is 0.669. The zero-order chi connectivity index (χ0) is 38.4. The molecule has 0 bridgehead atoms. The molecule has 0 fully saturated rings. The van der Waals surface area contributed by atoms with Gasteiger partial charge in [-0.2, -0.15) is 0 Å². The first-order chi connectivity index (χ1) is 28.7. The molecule has 0 radical (unpaired) electrons. The quantitative estimate of drug-likeness (QED) is 0.162. The van der Waals surface area contributed by atoms with E-state index in [0.717, 1.165) is 55.7 Å². The first kappa shape index (κ1) is 33.6. The molecule has 0 aliphatic rings. The fraction of sp³-hybridized carbons (Fsp3) is 0. The van der Waals surface area contributed by atoms with E-state index in [4.69, 9.17) is 4.42 Å². The van der Waals surface area contributed by atoms with E-state index in [1.807, 2.05) is 6.07 Å². The van der Waals surface area contributed by atoms with Crippen LogP contribution in [-0.4, -0.2) is 0 Å². The van der Waals surface area contributed by atoms with E-state index in [0.29, 0.717) is 0 Å². The van der Waals surface area contributed by atoms with Gasteiger partial charge >= 0.3 is 0 Å². The Balaban J connectivity index is 1.15. The fourth-order valence-electron chi connectivity index (χ4n) is 8.67. The van der Waals surface area contributed by atoms with Crippen LogP contribution in [0.2, 0.25) is 0 Å². The van der Waals surface area contributed by atoms with E-state index in [-0.39, 0.29) is 0 Å². The maximum atomic E-state index is 6.32. The minimum absolute atomic E-state index is 0.906. The maximum absolute atomic E-state index is 6.32. The number of rotatable bonds is 7. The Morgan fingerprint density at radius 3 is 1.69 bits per heavy atom. The van der Waals surface area contributed by atoms with Crippen LogP contribution in [0.3, 0.4) is 0 Å². The molecule has 2 nitrogen and oxygen atoms in total. The summed E-state index contributed by atoms with van der Waals surface area (Å²) in [6, 6.07) is 80.9. The van der Waals surface area contributed by atoms with Crippen LogP contribution in [0.25, 0.3) is 88.0 Å². The van der Waals surface area contributed by atoms with Gasteiger partial charge in [0.15, 0.2) is 0 Å². The Labute approximate surface area is 337 Å². The summed E-state index contributed by atoms with van der Waals surface area (Å²) in [6.07, 6.45) is 0. The number of anilines is 3. The van der Waals surface area contributed by atoms with Crippen LogP contribution in [0.5, 0.6) is 0 Å². The van der Waals surface area contributed by atoms with Gasteiger partial charge in [0.2, 0.25) is 0 Å². The standard InChI is InChI=1S/C56H37NO/c1-4-15-38(16-5-1)42-22-14-23-45(33-42)57(47-34-43-21-10-11-24-48(43)52(37-47)40-19-8-3-9-20-40)46-30-31-49(51(36-46)39-17-6-2-7-18-39)44-28-27-41-29-32-55-56(53(41)35-44)50-25-12-13-26-54(50)58-55/h1-37H. The van der Waals surface area contributed by atoms with E-state index in [2.05, 4.69) is 223 Å². The van der Waals surface area contributed by atoms with Crippen molar-refractivity contribution in [2.24, 2.45) is 0 Å². The first-order valence-electron chi connectivity index (χ1n) is 19.8. The smallest absolute Gasteiger partial charge is 0.136 e. The van der Waals surface area contributed by atoms with Gasteiger partial charge in [0.05, 0.1) is 0 Å². The van der Waals surface area contributed by atoms with Gasteiger partial charge < -0.3 is 9.32 Å². The number of hydrogen-bond acceptors (Lipinski definition) is 2. The Morgan fingerprint density at radius 1 is 0.276 bits per heavy atom. The second kappa shape index (κ2) is 14.1. The van der Waals surface area contributed by atoms with Gasteiger partial charge in [-0.25, -0.2) is 0 Å². The van der Waals surface area contributed by atoms with Crippen LogP contribution < -0.4 is 4.90 Å². The molecule has 11 rings (SSSR count). The summed E-state index contributed by atoms with van der Waals surface area (Å²) in [5.41, 5.74) is 14.5. The van der Waals surface area contributed by atoms with Gasteiger partial charge in [0, 0.05) is 27.8 Å². The highest BCUT2D eigenvalue weighted by Crippen LogP contribution is 2.45. The van der Waals surface area contributed by atoms with Crippen LogP contribution in [0.15, 0.2) is 229 Å². The average Bonchev–Trinajstić information content (AvgIpc) is 3.69. The van der Waals surface area contributed by atoms with Gasteiger partial charge in [-0.3, -0.25) is 0 Å². The van der Waals surface area contributed by atoms with Gasteiger partial charge in [-0.15, -0.1) is 0 Å². The molecule has 10 aromatic carbocycles. The summed E-state index contributed by atoms with van der Waals surface area (Å²) in [6.45, 7) is 0. The van der Waals surface area contributed by atoms with Crippen LogP contribution in [0, 0.1) is 0 Å². The molecule has 0 atom stereocenters. The zero-order valence-corrected chi connectivity index (χ0v) is 31.7. The van der Waals surface area contributed by atoms with Gasteiger partial charge in [-0.1, -0.05) is 170 Å². The molecule has 272 valence electrons. The Hall–Kier alpha value is -7.68. The van der Waals surface area contributed by atoms with E-state index >= 15 is 0 Å². The lowest BCUT2D eigenvalue weighted by atomic mass is 9.91. The van der Waals surface area contributed by atoms with E-state index in [9.17, 15) is 0 Å². The molecule has 0 spiro atoms. The molecule has 2 heteroatoms. The molecule has 11 aromatic rings. The fourth-order valence-corrected chi connectivity index (χ4v) is 8.67. The van der Waals surface area contributed by atoms with Crippen LogP contribution in [-0.2, 0) is 0 Å². The summed E-state index contributed by atoms with van der Waals surface area (Å²) < 4.78 is 6.32. The molecule has 0 unspecified atom stereocenters. The van der Waals surface area contributed by atoms with E-state index in [1.54, 1.807) is 0 Å². The molecule has 1 heterocycles. The Kier molecular flexibility index (Phi) is 8.19. The summed E-state index contributed by atoms with van der Waals surface area (Å²) in [5.74, 6) is 0. The van der Waals surface area contributed by atoms with E-state index in [1.165, 1.54) is 49.4 Å². The topological polar surface area (TPSA) is 16.4 Å². The number of furan rings is 1. The van der Waals surface area contributed by atoms with Gasteiger partial charge in [0.25, 0.3) is 0 Å². The molecular formula is C56H37NO. The third-order valence-electron chi connectivity index (χ3n) is 11.4. The molecule has 0 aliphatic carbocycles. The SMILES string of the molecule is c1ccc(-c2cccc(N(c3ccc(-c4ccc5ccc6oc7ccccc7c6c5c4)c(-c4ccccc4)c3)c3cc(-c4ccccc4)c4ccccc4c3)c2)cc1. The minimum Gasteiger partial charge on any atom is -0.456 e. The molecule has 0 amide bonds. The van der Waals surface area contributed by atoms with E-state index < -0.39 is 0 Å². The number of nitrogens with zero attached hydrogens (tertiary/aromatic N) is 1.